The SMILES string of the molecule is CC1(CN)CCN(c2cnc(-c3cccc(Cl)c3Cl)c(N)n2)CC1.CC1(N)CCN(c2cnc(-c3cccc(Cl)c3Cl)c(N)n2)CC1O.CCCC1(CN)CCN(c2cnc(-c3cccc(Cl)c3Cl)c(N)n2)CC1.NCC1(c2cnccn2)CCN(c2cnc(-c3cccc(Cl)c3Cl)c(N)n2)CC1. The lowest BCUT2D eigenvalue weighted by atomic mass is 9.75. The predicted octanol–water partition coefficient (Wildman–Crippen LogP) is 13.6. The zero-order valence-corrected chi connectivity index (χ0v) is 63.6. The zero-order valence-electron chi connectivity index (χ0n) is 57.5. The fourth-order valence-corrected chi connectivity index (χ4v) is 14.7. The number of nitrogens with two attached hydrogens (primary N) is 8. The van der Waals surface area contributed by atoms with E-state index in [0.717, 1.165) is 107 Å². The number of anilines is 8. The molecule has 103 heavy (non-hydrogen) atoms. The first-order valence-electron chi connectivity index (χ1n) is 33.9. The van der Waals surface area contributed by atoms with Gasteiger partial charge in [-0.15, -0.1) is 0 Å². The number of nitrogens with zero attached hydrogens (tertiary/aromatic N) is 14. The van der Waals surface area contributed by atoms with E-state index in [-0.39, 0.29) is 22.1 Å². The van der Waals surface area contributed by atoms with Crippen LogP contribution in [-0.4, -0.2) is 139 Å². The van der Waals surface area contributed by atoms with Crippen molar-refractivity contribution in [3.05, 3.63) is 162 Å². The second kappa shape index (κ2) is 34.4. The standard InChI is InChI=1S/C20H21Cl2N7.C19H25Cl2N5.C17H21Cl2N5.C16H19Cl2N5O/c21-14-3-1-2-13(17(14)22)18-19(24)28-16(11-27-18)29-8-4-20(12-23,5-9-29)15-10-25-6-7-26-15;1-2-6-19(12-22)7-9-26(10-8-19)15-11-24-17(18(23)25-15)13-4-3-5-14(20)16(13)21;1-17(10-20)5-7-24(8-6-17)13-9-22-15(16(21)23-13)11-3-2-4-12(18)14(11)19;1-16(20)5-6-23(8-11(16)24)12-7-21-14(15(19)22-12)9-3-2-4-10(17)13(9)18/h1-3,6-7,10-11H,4-5,8-9,12,23H2,(H2,24,28);3-5,11H,2,6-10,12,22H2,1H3,(H2,23,25);2-4,9H,5-8,10,20H2,1H3,(H2,21,23);2-4,7,11,24H,5-6,8,20H2,1H3,(H2,19,22). The van der Waals surface area contributed by atoms with E-state index in [1.54, 1.807) is 73.6 Å². The molecule has 0 aliphatic carbocycles. The summed E-state index contributed by atoms with van der Waals surface area (Å²) in [4.78, 5) is 53.2. The van der Waals surface area contributed by atoms with Gasteiger partial charge in [0.15, 0.2) is 23.3 Å². The quantitative estimate of drug-likeness (QED) is 0.0488. The monoisotopic (exact) mass is 1550 g/mol. The largest absolute Gasteiger partial charge is 0.389 e. The van der Waals surface area contributed by atoms with Gasteiger partial charge in [0, 0.05) is 111 Å². The van der Waals surface area contributed by atoms with E-state index in [9.17, 15) is 5.11 Å². The summed E-state index contributed by atoms with van der Waals surface area (Å²) in [7, 11) is 0. The van der Waals surface area contributed by atoms with Crippen LogP contribution in [0.15, 0.2) is 116 Å². The third kappa shape index (κ3) is 18.2. The van der Waals surface area contributed by atoms with Crippen molar-refractivity contribution in [1.82, 2.24) is 49.8 Å². The number of benzene rings is 4. The molecule has 4 aliphatic rings. The normalized spacial score (nSPS) is 18.3. The van der Waals surface area contributed by atoms with E-state index < -0.39 is 11.6 Å². The molecule has 4 aromatic carbocycles. The Bertz CT molecular complexity index is 4380. The van der Waals surface area contributed by atoms with Crippen molar-refractivity contribution in [3.63, 3.8) is 0 Å². The summed E-state index contributed by atoms with van der Waals surface area (Å²) in [6, 6.07) is 21.4. The van der Waals surface area contributed by atoms with Crippen LogP contribution in [0.1, 0.15) is 84.3 Å². The highest BCUT2D eigenvalue weighted by Crippen LogP contribution is 2.43. The molecule has 546 valence electrons. The molecule has 0 amide bonds. The van der Waals surface area contributed by atoms with Gasteiger partial charge in [-0.1, -0.05) is 162 Å². The lowest BCUT2D eigenvalue weighted by Gasteiger charge is -2.41. The van der Waals surface area contributed by atoms with Crippen LogP contribution in [-0.2, 0) is 5.41 Å². The van der Waals surface area contributed by atoms with Crippen molar-refractivity contribution in [2.45, 2.75) is 95.6 Å². The molecular weight excluding hydrogens is 1470 g/mol. The molecule has 23 nitrogen and oxygen atoms in total. The van der Waals surface area contributed by atoms with Crippen LogP contribution in [0.4, 0.5) is 46.5 Å². The highest BCUT2D eigenvalue weighted by Gasteiger charge is 2.39. The van der Waals surface area contributed by atoms with Gasteiger partial charge in [-0.3, -0.25) is 9.97 Å². The molecule has 0 saturated carbocycles. The van der Waals surface area contributed by atoms with Crippen molar-refractivity contribution >= 4 is 139 Å². The third-order valence-corrected chi connectivity index (χ3v) is 23.3. The molecule has 5 aromatic heterocycles. The molecule has 17 N–H and O–H groups in total. The zero-order chi connectivity index (χ0) is 74.0. The Hall–Kier alpha value is -7.20. The Morgan fingerprint density at radius 3 is 1.10 bits per heavy atom. The maximum atomic E-state index is 10.2. The van der Waals surface area contributed by atoms with Gasteiger partial charge >= 0.3 is 0 Å². The minimum atomic E-state index is -0.642. The molecule has 4 saturated heterocycles. The average Bonchev–Trinajstić information content (AvgIpc) is 0.802. The Labute approximate surface area is 640 Å². The maximum Gasteiger partial charge on any atom is 0.152 e. The number of aliphatic hydroxyl groups is 1. The van der Waals surface area contributed by atoms with Crippen molar-refractivity contribution < 1.29 is 5.11 Å². The van der Waals surface area contributed by atoms with E-state index in [1.807, 2.05) is 54.4 Å². The number of halogens is 8. The molecule has 13 rings (SSSR count). The van der Waals surface area contributed by atoms with Crippen LogP contribution in [0.3, 0.4) is 0 Å². The second-order valence-electron chi connectivity index (χ2n) is 27.0. The fraction of sp³-hybridized carbons (Fsp3) is 0.389. The number of nitrogen functional groups attached to an aromatic ring is 4. The third-order valence-electron chi connectivity index (χ3n) is 20.1. The van der Waals surface area contributed by atoms with Crippen LogP contribution >= 0.6 is 92.8 Å². The fourth-order valence-electron chi connectivity index (χ4n) is 13.1. The molecule has 2 unspecified atom stereocenters. The Kier molecular flexibility index (Phi) is 26.2. The number of aromatic nitrogens is 10. The van der Waals surface area contributed by atoms with Gasteiger partial charge in [-0.05, 0) is 106 Å². The molecule has 0 radical (unpaired) electrons. The minimum absolute atomic E-state index is 0.169. The molecule has 0 bridgehead atoms. The maximum absolute atomic E-state index is 10.2. The van der Waals surface area contributed by atoms with E-state index in [2.05, 4.69) is 78.4 Å². The lowest BCUT2D eigenvalue weighted by Crippen LogP contribution is -2.59. The van der Waals surface area contributed by atoms with Crippen molar-refractivity contribution in [3.8, 4) is 45.0 Å². The van der Waals surface area contributed by atoms with Gasteiger partial charge in [0.25, 0.3) is 0 Å². The number of rotatable bonds is 14. The first-order valence-corrected chi connectivity index (χ1v) is 36.9. The first kappa shape index (κ1) is 78.4. The smallest absolute Gasteiger partial charge is 0.152 e. The summed E-state index contributed by atoms with van der Waals surface area (Å²) in [5.41, 5.74) is 54.2. The number of hydrogen-bond donors (Lipinski definition) is 9. The topological polar surface area (TPSA) is 370 Å². The summed E-state index contributed by atoms with van der Waals surface area (Å²) in [5, 5.41) is 13.7. The van der Waals surface area contributed by atoms with Crippen molar-refractivity contribution in [2.24, 2.45) is 33.8 Å². The average molecular weight is 1560 g/mol. The van der Waals surface area contributed by atoms with E-state index in [4.69, 9.17) is 139 Å². The van der Waals surface area contributed by atoms with Crippen LogP contribution in [0.25, 0.3) is 45.0 Å². The van der Waals surface area contributed by atoms with Crippen LogP contribution < -0.4 is 65.5 Å². The van der Waals surface area contributed by atoms with Gasteiger partial charge in [0.1, 0.15) is 46.0 Å². The van der Waals surface area contributed by atoms with E-state index in [1.165, 1.54) is 12.8 Å². The second-order valence-corrected chi connectivity index (χ2v) is 30.1. The van der Waals surface area contributed by atoms with Crippen molar-refractivity contribution in [1.29, 1.82) is 0 Å². The van der Waals surface area contributed by atoms with Gasteiger partial charge < -0.3 is 70.6 Å². The molecule has 2 atom stereocenters. The number of aliphatic hydroxyl groups excluding tert-OH is 1. The lowest BCUT2D eigenvalue weighted by molar-refractivity contribution is 0.0792. The first-order chi connectivity index (χ1) is 49.3. The summed E-state index contributed by atoms with van der Waals surface area (Å²) in [6.45, 7) is 14.5. The van der Waals surface area contributed by atoms with Crippen molar-refractivity contribution in [2.75, 3.05) is 115 Å². The molecule has 4 fully saturated rings. The summed E-state index contributed by atoms with van der Waals surface area (Å²) < 4.78 is 0. The van der Waals surface area contributed by atoms with E-state index in [0.29, 0.717) is 141 Å². The Morgan fingerprint density at radius 1 is 0.437 bits per heavy atom. The molecule has 4 aliphatic heterocycles. The van der Waals surface area contributed by atoms with Gasteiger partial charge in [-0.25, -0.2) is 39.9 Å². The molecule has 31 heteroatoms. The summed E-state index contributed by atoms with van der Waals surface area (Å²) in [6.07, 6.45) is 20.3. The highest BCUT2D eigenvalue weighted by atomic mass is 35.5. The highest BCUT2D eigenvalue weighted by molar-refractivity contribution is 6.45. The molecular formula is C72H86Cl8N22O. The Balaban J connectivity index is 0.000000148. The molecule has 0 spiro atoms. The number of β-amino-alcohol motifs (C(OH)–C–C–N with tert-alkyl or cyclic N) is 1. The number of piperidine rings is 4. The Morgan fingerprint density at radius 2 is 0.786 bits per heavy atom. The van der Waals surface area contributed by atoms with Gasteiger partial charge in [0.05, 0.1) is 76.8 Å². The summed E-state index contributed by atoms with van der Waals surface area (Å²) in [5.74, 6) is 4.20. The van der Waals surface area contributed by atoms with Crippen LogP contribution in [0.5, 0.6) is 0 Å². The van der Waals surface area contributed by atoms with Crippen LogP contribution in [0.2, 0.25) is 40.2 Å². The van der Waals surface area contributed by atoms with E-state index >= 15 is 0 Å². The van der Waals surface area contributed by atoms with Gasteiger partial charge in [-0.2, -0.15) is 0 Å². The van der Waals surface area contributed by atoms with Gasteiger partial charge in [0.2, 0.25) is 0 Å². The predicted molar refractivity (Wildman–Crippen MR) is 424 cm³/mol. The molecule has 9 aromatic rings. The summed E-state index contributed by atoms with van der Waals surface area (Å²) >= 11 is 49.4. The molecule has 9 heterocycles. The number of hydrogen-bond acceptors (Lipinski definition) is 23. The van der Waals surface area contributed by atoms with Crippen LogP contribution in [0, 0.1) is 10.8 Å². The minimum Gasteiger partial charge on any atom is -0.389 e.